The Balaban J connectivity index is 0.000000239. The Morgan fingerprint density at radius 3 is 0.740 bits per heavy atom. The van der Waals surface area contributed by atoms with Gasteiger partial charge in [0, 0.05) is 34.5 Å². The van der Waals surface area contributed by atoms with Gasteiger partial charge in [0.1, 0.15) is 13.2 Å². The van der Waals surface area contributed by atoms with Gasteiger partial charge in [-0.15, -0.1) is 0 Å². The van der Waals surface area contributed by atoms with Crippen LogP contribution in [-0.4, -0.2) is 142 Å². The van der Waals surface area contributed by atoms with Gasteiger partial charge in [-0.3, -0.25) is 9.59 Å². The van der Waals surface area contributed by atoms with Crippen molar-refractivity contribution in [3.63, 3.8) is 0 Å². The molecule has 16 heteroatoms. The molecule has 0 aromatic rings. The summed E-state index contributed by atoms with van der Waals surface area (Å²) in [4.78, 5) is 23.4. The van der Waals surface area contributed by atoms with E-state index in [-0.39, 0.29) is 77.4 Å². The summed E-state index contributed by atoms with van der Waals surface area (Å²) in [7, 11) is 0. The van der Waals surface area contributed by atoms with E-state index in [1.807, 2.05) is 55.4 Å². The van der Waals surface area contributed by atoms with Crippen molar-refractivity contribution >= 4 is 11.9 Å². The Hall–Kier alpha value is -1.54. The third-order valence-corrected chi connectivity index (χ3v) is 18.3. The lowest BCUT2D eigenvalue weighted by atomic mass is 9.60. The zero-order valence-electron chi connectivity index (χ0n) is 52.1. The lowest BCUT2D eigenvalue weighted by molar-refractivity contribution is -0.337. The largest absolute Gasteiger partial charge is 0.465 e. The SMILES string of the molecule is CC1C(C)C(C)C(C)C(C)C1C.CC1OCC2(CO1)COC(C)OC2.CCC(C)(C)C1OCC2(CO1)COC(C(C)(C)CC)OC2.CCCC(=O)OCC(C)(C)C1OCC2(CO1)COC(C(C)(C)COC(=O)CCC)OC2. The van der Waals surface area contributed by atoms with E-state index in [0.29, 0.717) is 92.1 Å². The summed E-state index contributed by atoms with van der Waals surface area (Å²) in [6.07, 6.45) is 3.03. The molecule has 6 heterocycles. The maximum atomic E-state index is 11.7. The zero-order valence-corrected chi connectivity index (χ0v) is 52.1. The van der Waals surface area contributed by atoms with E-state index in [4.69, 9.17) is 66.3 Å². The van der Waals surface area contributed by atoms with Crippen molar-refractivity contribution in [2.45, 2.75) is 215 Å². The van der Waals surface area contributed by atoms with E-state index < -0.39 is 23.4 Å². The van der Waals surface area contributed by atoms with Crippen LogP contribution >= 0.6 is 0 Å². The third kappa shape index (κ3) is 19.3. The maximum Gasteiger partial charge on any atom is 0.305 e. The second-order valence-corrected chi connectivity index (χ2v) is 27.3. The molecule has 77 heavy (non-hydrogen) atoms. The minimum atomic E-state index is -0.473. The number of rotatable bonds is 14. The van der Waals surface area contributed by atoms with E-state index >= 15 is 0 Å². The molecule has 7 rings (SSSR count). The molecule has 452 valence electrons. The molecule has 0 bridgehead atoms. The van der Waals surface area contributed by atoms with Crippen LogP contribution < -0.4 is 0 Å². The topological polar surface area (TPSA) is 163 Å². The van der Waals surface area contributed by atoms with Crippen LogP contribution in [0.3, 0.4) is 0 Å². The predicted octanol–water partition coefficient (Wildman–Crippen LogP) is 11.6. The number of hydrogen-bond acceptors (Lipinski definition) is 16. The van der Waals surface area contributed by atoms with Crippen LogP contribution in [-0.2, 0) is 75.9 Å². The molecule has 1 saturated carbocycles. The molecule has 7 aliphatic rings. The Kier molecular flexibility index (Phi) is 26.1. The first-order chi connectivity index (χ1) is 35.9. The first kappa shape index (κ1) is 68.0. The van der Waals surface area contributed by atoms with Gasteiger partial charge in [-0.1, -0.05) is 125 Å². The molecule has 0 amide bonds. The summed E-state index contributed by atoms with van der Waals surface area (Å²) in [5.41, 5.74) is -1.42. The fraction of sp³-hybridized carbons (Fsp3) is 0.967. The number of carbonyl (C=O) groups is 2. The summed E-state index contributed by atoms with van der Waals surface area (Å²) >= 11 is 0. The monoisotopic (exact) mass is 1100 g/mol. The third-order valence-electron chi connectivity index (χ3n) is 18.3. The highest BCUT2D eigenvalue weighted by atomic mass is 16.7. The molecule has 0 atom stereocenters. The minimum Gasteiger partial charge on any atom is -0.465 e. The van der Waals surface area contributed by atoms with Gasteiger partial charge in [-0.05, 0) is 75.0 Å². The van der Waals surface area contributed by atoms with Crippen molar-refractivity contribution in [1.82, 2.24) is 0 Å². The van der Waals surface area contributed by atoms with E-state index in [1.54, 1.807) is 0 Å². The summed E-state index contributed by atoms with van der Waals surface area (Å²) in [5, 5.41) is 0. The minimum absolute atomic E-state index is 0.0464. The average molecular weight is 1100 g/mol. The predicted molar refractivity (Wildman–Crippen MR) is 295 cm³/mol. The summed E-state index contributed by atoms with van der Waals surface area (Å²) in [5.74, 6) is 5.05. The molecular weight excluding hydrogens is 989 g/mol. The van der Waals surface area contributed by atoms with Crippen molar-refractivity contribution in [3.05, 3.63) is 0 Å². The zero-order chi connectivity index (χ0) is 57.6. The second-order valence-electron chi connectivity index (χ2n) is 27.3. The molecule has 7 fully saturated rings. The van der Waals surface area contributed by atoms with Crippen LogP contribution in [0.25, 0.3) is 0 Å². The van der Waals surface area contributed by atoms with Crippen LogP contribution in [0.4, 0.5) is 0 Å². The van der Waals surface area contributed by atoms with Gasteiger partial charge in [-0.25, -0.2) is 0 Å². The van der Waals surface area contributed by atoms with Crippen molar-refractivity contribution in [1.29, 1.82) is 0 Å². The number of esters is 2. The highest BCUT2D eigenvalue weighted by Crippen LogP contribution is 2.45. The first-order valence-electron chi connectivity index (χ1n) is 29.7. The van der Waals surface area contributed by atoms with Gasteiger partial charge in [0.15, 0.2) is 37.7 Å². The normalized spacial score (nSPS) is 37.0. The molecular formula is C61H112O16. The Morgan fingerprint density at radius 2 is 0.545 bits per heavy atom. The quantitative estimate of drug-likeness (QED) is 0.151. The molecule has 0 aromatic carbocycles. The average Bonchev–Trinajstić information content (AvgIpc) is 3.41. The summed E-state index contributed by atoms with van der Waals surface area (Å²) < 4.78 is 80.4. The van der Waals surface area contributed by atoms with Crippen LogP contribution in [0.1, 0.15) is 177 Å². The van der Waals surface area contributed by atoms with E-state index in [0.717, 1.165) is 61.2 Å². The Morgan fingerprint density at radius 1 is 0.351 bits per heavy atom. The van der Waals surface area contributed by atoms with Gasteiger partial charge < -0.3 is 66.3 Å². The Bertz CT molecular complexity index is 1530. The summed E-state index contributed by atoms with van der Waals surface area (Å²) in [6.45, 7) is 50.6. The molecule has 6 saturated heterocycles. The summed E-state index contributed by atoms with van der Waals surface area (Å²) in [6, 6.07) is 0. The molecule has 1 aliphatic carbocycles. The molecule has 0 N–H and O–H groups in total. The smallest absolute Gasteiger partial charge is 0.305 e. The van der Waals surface area contributed by atoms with Crippen LogP contribution in [0.2, 0.25) is 0 Å². The standard InChI is InChI=1S/C23H40O8.C17H32O4.C12H24.C9H16O4/c1-7-9-17(24)26-11-21(3,4)19-28-13-23(14-29-19)15-30-20(31-16-23)22(5,6)12-27-18(25)10-8-2;1-7-15(3,4)13-18-9-17(10-19-13)11-20-14(21-12-17)16(5,6)8-2;1-7-8(2)10(4)12(6)11(5)9(7)3;1-7-10-3-9(4-11-7)5-12-8(2)13-6-9/h19-20H,7-16H2,1-6H3;13-14H,7-12H2,1-6H3;7-12H,1-6H3;7-8H,3-6H2,1-2H3. The molecule has 16 nitrogen and oxygen atoms in total. The first-order valence-corrected chi connectivity index (χ1v) is 29.7. The molecule has 0 unspecified atom stereocenters. The van der Waals surface area contributed by atoms with Crippen LogP contribution in [0.5, 0.6) is 0 Å². The van der Waals surface area contributed by atoms with Crippen LogP contribution in [0.15, 0.2) is 0 Å². The second kappa shape index (κ2) is 29.6. The lowest BCUT2D eigenvalue weighted by Crippen LogP contribution is -2.57. The number of carbonyl (C=O) groups excluding carboxylic acids is 2. The van der Waals surface area contributed by atoms with Crippen molar-refractivity contribution in [3.8, 4) is 0 Å². The maximum absolute atomic E-state index is 11.7. The van der Waals surface area contributed by atoms with Gasteiger partial charge in [-0.2, -0.15) is 0 Å². The number of ether oxygens (including phenoxy) is 14. The van der Waals surface area contributed by atoms with Gasteiger partial charge in [0.2, 0.25) is 0 Å². The fourth-order valence-electron chi connectivity index (χ4n) is 10.5. The van der Waals surface area contributed by atoms with E-state index in [2.05, 4.69) is 83.1 Å². The highest BCUT2D eigenvalue weighted by molar-refractivity contribution is 5.69. The number of hydrogen-bond donors (Lipinski definition) is 0. The molecule has 6 aliphatic heterocycles. The van der Waals surface area contributed by atoms with Gasteiger partial charge >= 0.3 is 11.9 Å². The molecule has 3 spiro atoms. The highest BCUT2D eigenvalue weighted by Gasteiger charge is 2.50. The van der Waals surface area contributed by atoms with E-state index in [1.165, 1.54) is 0 Å². The lowest BCUT2D eigenvalue weighted by Gasteiger charge is -2.48. The molecule has 0 aromatic heterocycles. The molecule has 0 radical (unpaired) electrons. The van der Waals surface area contributed by atoms with Gasteiger partial charge in [0.25, 0.3) is 0 Å². The Labute approximate surface area is 467 Å². The van der Waals surface area contributed by atoms with Crippen molar-refractivity contribution in [2.24, 2.45) is 73.4 Å². The van der Waals surface area contributed by atoms with Crippen LogP contribution in [0, 0.1) is 73.4 Å². The van der Waals surface area contributed by atoms with Crippen molar-refractivity contribution < 1.29 is 75.9 Å². The van der Waals surface area contributed by atoms with E-state index in [9.17, 15) is 9.59 Å². The van der Waals surface area contributed by atoms with Gasteiger partial charge in [0.05, 0.1) is 95.5 Å². The fourth-order valence-corrected chi connectivity index (χ4v) is 10.5. The van der Waals surface area contributed by atoms with Crippen molar-refractivity contribution in [2.75, 3.05) is 92.5 Å².